The third kappa shape index (κ3) is 31.0. The van der Waals surface area contributed by atoms with Crippen molar-refractivity contribution in [1.82, 2.24) is 0 Å². The van der Waals surface area contributed by atoms with E-state index in [2.05, 4.69) is 38.0 Å². The maximum absolute atomic E-state index is 11.4. The van der Waals surface area contributed by atoms with E-state index in [4.69, 9.17) is 24.4 Å². The quantitative estimate of drug-likeness (QED) is 0.0623. The molecule has 11 nitrogen and oxygen atoms in total. The van der Waals surface area contributed by atoms with E-state index in [-0.39, 0.29) is 30.7 Å². The molecule has 0 saturated carbocycles. The van der Waals surface area contributed by atoms with Crippen molar-refractivity contribution in [3.05, 3.63) is 103 Å². The minimum atomic E-state index is -1.12. The normalized spacial score (nSPS) is 9.62. The summed E-state index contributed by atoms with van der Waals surface area (Å²) < 4.78 is 18.8. The fraction of sp³-hybridized carbons (Fsp3) is 0.378. The highest BCUT2D eigenvalue weighted by atomic mass is 16.5. The van der Waals surface area contributed by atoms with E-state index in [1.807, 2.05) is 37.3 Å². The molecule has 0 spiro atoms. The maximum Gasteiger partial charge on any atom is 0.337 e. The van der Waals surface area contributed by atoms with Crippen molar-refractivity contribution >= 4 is 35.9 Å². The molecule has 0 saturated heterocycles. The molecule has 0 aliphatic heterocycles. The third-order valence-corrected chi connectivity index (χ3v) is 5.11. The lowest BCUT2D eigenvalue weighted by atomic mass is 10.2. The van der Waals surface area contributed by atoms with E-state index in [0.717, 1.165) is 43.4 Å². The van der Waals surface area contributed by atoms with E-state index >= 15 is 0 Å². The summed E-state index contributed by atoms with van der Waals surface area (Å²) in [7, 11) is 1.33. The first kappa shape index (κ1) is 47.4. The number of aliphatic hydroxyl groups excluding tert-OH is 1. The van der Waals surface area contributed by atoms with Crippen molar-refractivity contribution in [1.29, 1.82) is 0 Å². The standard InChI is InChI=1S/C14H16O3.C10H14O4.C8H14O2.C5H8O2/c1-12(14(16)17-11-5-10-15)8-9-13-6-3-2-4-7-13;1-3-4-7-14-10(13)8(2)5-6-9(11)12;1-4-5-6-10-8(9)7(2)3;1-4(2)5(6)7-3/h2-4,6-9,15H,1,5,10-11H2;5-6H,2-4,7H2,1H3,(H,11,12);2,4-6H2,1,3H3;1H2,2-3H3. The average Bonchev–Trinajstić information content (AvgIpc) is 3.07. The van der Waals surface area contributed by atoms with Crippen LogP contribution in [0.25, 0.3) is 6.08 Å². The number of carboxylic acid groups (broad SMARTS) is 1. The highest BCUT2D eigenvalue weighted by Gasteiger charge is 2.05. The fourth-order valence-corrected chi connectivity index (χ4v) is 2.40. The summed E-state index contributed by atoms with van der Waals surface area (Å²) in [5.41, 5.74) is 2.24. The van der Waals surface area contributed by atoms with E-state index in [9.17, 15) is 24.0 Å². The molecule has 0 aromatic heterocycles. The maximum atomic E-state index is 11.4. The average molecular weight is 673 g/mol. The van der Waals surface area contributed by atoms with Gasteiger partial charge < -0.3 is 29.2 Å². The van der Waals surface area contributed by atoms with Crippen LogP contribution in [-0.2, 0) is 42.9 Å². The topological polar surface area (TPSA) is 163 Å². The SMILES string of the molecule is C=C(C)C(=O)OC.C=C(C)C(=O)OCCCC.C=C(C=CC(=O)O)C(=O)OCCCC.C=C(C=Cc1ccccc1)C(=O)OCCCO. The van der Waals surface area contributed by atoms with Crippen LogP contribution in [-0.4, -0.2) is 73.6 Å². The van der Waals surface area contributed by atoms with Crippen LogP contribution in [0.4, 0.5) is 0 Å². The molecule has 0 unspecified atom stereocenters. The van der Waals surface area contributed by atoms with Gasteiger partial charge in [0, 0.05) is 30.2 Å². The Kier molecular flexibility index (Phi) is 31.5. The Morgan fingerprint density at radius 1 is 0.667 bits per heavy atom. The van der Waals surface area contributed by atoms with Crippen molar-refractivity contribution < 1.29 is 53.1 Å². The molecule has 0 aliphatic carbocycles. The highest BCUT2D eigenvalue weighted by Crippen LogP contribution is 2.05. The molecule has 0 atom stereocenters. The zero-order valence-electron chi connectivity index (χ0n) is 29.0. The van der Waals surface area contributed by atoms with E-state index in [1.54, 1.807) is 26.0 Å². The van der Waals surface area contributed by atoms with Gasteiger partial charge in [0.1, 0.15) is 0 Å². The third-order valence-electron chi connectivity index (χ3n) is 5.11. The molecule has 0 radical (unpaired) electrons. The Balaban J connectivity index is -0.000000591. The summed E-state index contributed by atoms with van der Waals surface area (Å²) in [4.78, 5) is 53.4. The summed E-state index contributed by atoms with van der Waals surface area (Å²) in [6.45, 7) is 22.2. The number of benzene rings is 1. The van der Waals surface area contributed by atoms with Gasteiger partial charge in [-0.25, -0.2) is 24.0 Å². The molecule has 1 rings (SSSR count). The molecule has 266 valence electrons. The first-order chi connectivity index (χ1) is 22.7. The number of carboxylic acids is 1. The number of hydrogen-bond acceptors (Lipinski definition) is 10. The molecule has 48 heavy (non-hydrogen) atoms. The van der Waals surface area contributed by atoms with Crippen molar-refractivity contribution in [2.75, 3.05) is 33.5 Å². The smallest absolute Gasteiger partial charge is 0.337 e. The lowest BCUT2D eigenvalue weighted by molar-refractivity contribution is -0.139. The molecular weight excluding hydrogens is 620 g/mol. The molecule has 0 fully saturated rings. The van der Waals surface area contributed by atoms with Gasteiger partial charge in [-0.3, -0.25) is 0 Å². The number of unbranched alkanes of at least 4 members (excludes halogenated alkanes) is 2. The van der Waals surface area contributed by atoms with Crippen LogP contribution in [0.1, 0.15) is 65.4 Å². The first-order valence-corrected chi connectivity index (χ1v) is 15.2. The van der Waals surface area contributed by atoms with Crippen LogP contribution in [0.15, 0.2) is 97.2 Å². The Morgan fingerprint density at radius 3 is 1.48 bits per heavy atom. The fourth-order valence-electron chi connectivity index (χ4n) is 2.40. The number of carbonyl (C=O) groups is 5. The Labute approximate surface area is 284 Å². The summed E-state index contributed by atoms with van der Waals surface area (Å²) in [6, 6.07) is 9.63. The number of hydrogen-bond donors (Lipinski definition) is 2. The van der Waals surface area contributed by atoms with Crippen LogP contribution in [0.3, 0.4) is 0 Å². The van der Waals surface area contributed by atoms with Crippen LogP contribution in [0.2, 0.25) is 0 Å². The van der Waals surface area contributed by atoms with Gasteiger partial charge in [-0.05, 0) is 44.4 Å². The van der Waals surface area contributed by atoms with Gasteiger partial charge in [0.05, 0.1) is 38.1 Å². The summed E-state index contributed by atoms with van der Waals surface area (Å²) in [5.74, 6) is -2.78. The second-order valence-electron chi connectivity index (χ2n) is 9.71. The van der Waals surface area contributed by atoms with Gasteiger partial charge in [0.25, 0.3) is 0 Å². The monoisotopic (exact) mass is 672 g/mol. The van der Waals surface area contributed by atoms with Gasteiger partial charge in [-0.15, -0.1) is 0 Å². The van der Waals surface area contributed by atoms with Crippen molar-refractivity contribution in [2.45, 2.75) is 59.8 Å². The van der Waals surface area contributed by atoms with Gasteiger partial charge in [0.15, 0.2) is 0 Å². The van der Waals surface area contributed by atoms with Crippen molar-refractivity contribution in [3.63, 3.8) is 0 Å². The predicted molar refractivity (Wildman–Crippen MR) is 187 cm³/mol. The Bertz CT molecular complexity index is 1220. The second kappa shape index (κ2) is 31.9. The Hall–Kier alpha value is -5.03. The van der Waals surface area contributed by atoms with Gasteiger partial charge in [-0.2, -0.15) is 0 Å². The molecular formula is C37H52O11. The molecule has 11 heteroatoms. The summed E-state index contributed by atoms with van der Waals surface area (Å²) >= 11 is 0. The molecule has 0 aliphatic rings. The van der Waals surface area contributed by atoms with Gasteiger partial charge >= 0.3 is 29.8 Å². The summed E-state index contributed by atoms with van der Waals surface area (Å²) in [5, 5.41) is 16.8. The molecule has 1 aromatic rings. The van der Waals surface area contributed by atoms with Gasteiger partial charge in [0.2, 0.25) is 0 Å². The first-order valence-electron chi connectivity index (χ1n) is 15.2. The molecule has 0 amide bonds. The lowest BCUT2D eigenvalue weighted by Crippen LogP contribution is -2.07. The second-order valence-corrected chi connectivity index (χ2v) is 9.71. The summed E-state index contributed by atoms with van der Waals surface area (Å²) in [6.07, 6.45) is 9.54. The lowest BCUT2D eigenvalue weighted by Gasteiger charge is -2.02. The molecule has 2 N–H and O–H groups in total. The number of methoxy groups -OCH3 is 1. The molecule has 0 bridgehead atoms. The minimum absolute atomic E-state index is 0.0135. The Morgan fingerprint density at radius 2 is 1.10 bits per heavy atom. The van der Waals surface area contributed by atoms with Gasteiger partial charge in [-0.1, -0.05) is 89.4 Å². The number of esters is 4. The number of aliphatic hydroxyl groups is 1. The zero-order chi connectivity index (χ0) is 37.3. The largest absolute Gasteiger partial charge is 0.478 e. The van der Waals surface area contributed by atoms with Crippen LogP contribution in [0.5, 0.6) is 0 Å². The van der Waals surface area contributed by atoms with Crippen LogP contribution in [0, 0.1) is 0 Å². The van der Waals surface area contributed by atoms with E-state index < -0.39 is 17.9 Å². The molecule has 0 heterocycles. The van der Waals surface area contributed by atoms with E-state index in [0.29, 0.717) is 36.4 Å². The van der Waals surface area contributed by atoms with Crippen molar-refractivity contribution in [2.24, 2.45) is 0 Å². The highest BCUT2D eigenvalue weighted by molar-refractivity contribution is 5.93. The van der Waals surface area contributed by atoms with E-state index in [1.165, 1.54) is 7.11 Å². The predicted octanol–water partition coefficient (Wildman–Crippen LogP) is 6.35. The zero-order valence-corrected chi connectivity index (χ0v) is 29.0. The van der Waals surface area contributed by atoms with Crippen LogP contribution < -0.4 is 0 Å². The number of carbonyl (C=O) groups excluding carboxylic acids is 4. The number of aliphatic carboxylic acids is 1. The van der Waals surface area contributed by atoms with Crippen LogP contribution >= 0.6 is 0 Å². The number of ether oxygens (including phenoxy) is 4. The van der Waals surface area contributed by atoms with Crippen molar-refractivity contribution in [3.8, 4) is 0 Å². The minimum Gasteiger partial charge on any atom is -0.478 e. The number of rotatable bonds is 17. The molecule has 1 aromatic carbocycles.